The van der Waals surface area contributed by atoms with Crippen LogP contribution in [-0.2, 0) is 4.79 Å². The molecule has 2 nitrogen and oxygen atoms in total. The molecular weight excluding hydrogens is 289 g/mol. The highest BCUT2D eigenvalue weighted by molar-refractivity contribution is 9.10. The second kappa shape index (κ2) is 5.25. The number of halogens is 4. The summed E-state index contributed by atoms with van der Waals surface area (Å²) in [5, 5.41) is 0. The summed E-state index contributed by atoms with van der Waals surface area (Å²) < 4.78 is 37.4. The molecule has 0 saturated carbocycles. The highest BCUT2D eigenvalue weighted by atomic mass is 79.9. The highest BCUT2D eigenvalue weighted by Crippen LogP contribution is 2.17. The number of hydrogen-bond donors (Lipinski definition) is 0. The maximum atomic E-state index is 13.2. The van der Waals surface area contributed by atoms with Crippen LogP contribution < -0.4 is 0 Å². The van der Waals surface area contributed by atoms with Gasteiger partial charge in [0.1, 0.15) is 5.82 Å². The van der Waals surface area contributed by atoms with Crippen LogP contribution >= 0.6 is 15.9 Å². The summed E-state index contributed by atoms with van der Waals surface area (Å²) in [7, 11) is 0. The van der Waals surface area contributed by atoms with E-state index in [-0.39, 0.29) is 5.56 Å². The van der Waals surface area contributed by atoms with Crippen LogP contribution in [0.5, 0.6) is 0 Å². The standard InChI is InChI=1S/C10H6BrF3O2/c11-5-1-2-6(7(12)3-5)8(15)4-9(16)10(13)14/h1-3,10H,4H2. The molecule has 0 aliphatic heterocycles. The van der Waals surface area contributed by atoms with E-state index >= 15 is 0 Å². The Labute approximate surface area is 97.6 Å². The lowest BCUT2D eigenvalue weighted by Gasteiger charge is -2.02. The number of benzene rings is 1. The first-order chi connectivity index (χ1) is 7.41. The molecule has 0 aliphatic rings. The largest absolute Gasteiger partial charge is 0.296 e. The van der Waals surface area contributed by atoms with Crippen molar-refractivity contribution in [3.63, 3.8) is 0 Å². The maximum Gasteiger partial charge on any atom is 0.296 e. The molecule has 0 aromatic heterocycles. The molecular formula is C10H6BrF3O2. The number of rotatable bonds is 4. The summed E-state index contributed by atoms with van der Waals surface area (Å²) in [5.41, 5.74) is -0.364. The Kier molecular flexibility index (Phi) is 4.23. The summed E-state index contributed by atoms with van der Waals surface area (Å²) in [4.78, 5) is 21.9. The first kappa shape index (κ1) is 12.9. The van der Waals surface area contributed by atoms with Crippen molar-refractivity contribution in [2.75, 3.05) is 0 Å². The molecule has 0 amide bonds. The van der Waals surface area contributed by atoms with Gasteiger partial charge in [-0.15, -0.1) is 0 Å². The van der Waals surface area contributed by atoms with Crippen LogP contribution in [0.15, 0.2) is 22.7 Å². The number of hydrogen-bond acceptors (Lipinski definition) is 2. The summed E-state index contributed by atoms with van der Waals surface area (Å²) in [6, 6.07) is 3.56. The van der Waals surface area contributed by atoms with Gasteiger partial charge in [-0.05, 0) is 18.2 Å². The van der Waals surface area contributed by atoms with Gasteiger partial charge in [-0.1, -0.05) is 15.9 Å². The van der Waals surface area contributed by atoms with Crippen molar-refractivity contribution in [2.45, 2.75) is 12.8 Å². The van der Waals surface area contributed by atoms with Gasteiger partial charge in [-0.25, -0.2) is 13.2 Å². The molecule has 6 heteroatoms. The Bertz CT molecular complexity index is 432. The lowest BCUT2D eigenvalue weighted by Crippen LogP contribution is -2.16. The average Bonchev–Trinajstić information content (AvgIpc) is 2.16. The minimum absolute atomic E-state index is 0.364. The number of carbonyl (C=O) groups excluding carboxylic acids is 2. The van der Waals surface area contributed by atoms with E-state index in [1.165, 1.54) is 6.07 Å². The zero-order chi connectivity index (χ0) is 12.3. The Morgan fingerprint density at radius 2 is 1.94 bits per heavy atom. The number of alkyl halides is 2. The smallest absolute Gasteiger partial charge is 0.294 e. The molecule has 0 heterocycles. The highest BCUT2D eigenvalue weighted by Gasteiger charge is 2.21. The third kappa shape index (κ3) is 3.16. The van der Waals surface area contributed by atoms with E-state index < -0.39 is 30.2 Å². The van der Waals surface area contributed by atoms with Crippen molar-refractivity contribution in [2.24, 2.45) is 0 Å². The molecule has 0 aliphatic carbocycles. The van der Waals surface area contributed by atoms with Crippen molar-refractivity contribution in [1.29, 1.82) is 0 Å². The molecule has 16 heavy (non-hydrogen) atoms. The Morgan fingerprint density at radius 1 is 1.31 bits per heavy atom. The van der Waals surface area contributed by atoms with Crippen LogP contribution in [0.3, 0.4) is 0 Å². The van der Waals surface area contributed by atoms with Gasteiger partial charge in [0, 0.05) is 4.47 Å². The minimum Gasteiger partial charge on any atom is -0.294 e. The molecule has 86 valence electrons. The summed E-state index contributed by atoms with van der Waals surface area (Å²) in [6.45, 7) is 0. The molecule has 0 spiro atoms. The van der Waals surface area contributed by atoms with Crippen molar-refractivity contribution in [3.05, 3.63) is 34.1 Å². The van der Waals surface area contributed by atoms with E-state index in [1.54, 1.807) is 0 Å². The number of ketones is 2. The van der Waals surface area contributed by atoms with Crippen LogP contribution in [0.4, 0.5) is 13.2 Å². The second-order valence-corrected chi connectivity index (χ2v) is 3.91. The SMILES string of the molecule is O=C(CC(=O)C(F)F)c1ccc(Br)cc1F. The van der Waals surface area contributed by atoms with Crippen LogP contribution in [-0.4, -0.2) is 18.0 Å². The normalized spacial score (nSPS) is 10.6. The second-order valence-electron chi connectivity index (χ2n) is 2.99. The van der Waals surface area contributed by atoms with E-state index in [0.717, 1.165) is 12.1 Å². The molecule has 0 saturated heterocycles. The van der Waals surface area contributed by atoms with Gasteiger partial charge in [0.2, 0.25) is 5.78 Å². The van der Waals surface area contributed by atoms with Gasteiger partial charge in [0.25, 0.3) is 6.43 Å². The lowest BCUT2D eigenvalue weighted by atomic mass is 10.1. The predicted octanol–water partition coefficient (Wildman–Crippen LogP) is 3.00. The fourth-order valence-electron chi connectivity index (χ4n) is 1.05. The summed E-state index contributed by atoms with van der Waals surface area (Å²) in [6.07, 6.45) is -4.20. The van der Waals surface area contributed by atoms with Crippen molar-refractivity contribution < 1.29 is 22.8 Å². The van der Waals surface area contributed by atoms with Crippen LogP contribution in [0.2, 0.25) is 0 Å². The maximum absolute atomic E-state index is 13.2. The zero-order valence-electron chi connectivity index (χ0n) is 7.84. The molecule has 1 rings (SSSR count). The predicted molar refractivity (Wildman–Crippen MR) is 54.1 cm³/mol. The van der Waals surface area contributed by atoms with Crippen molar-refractivity contribution in [3.8, 4) is 0 Å². The topological polar surface area (TPSA) is 34.1 Å². The van der Waals surface area contributed by atoms with E-state index in [0.29, 0.717) is 4.47 Å². The van der Waals surface area contributed by atoms with Crippen LogP contribution in [0.25, 0.3) is 0 Å². The number of carbonyl (C=O) groups is 2. The minimum atomic E-state index is -3.21. The fourth-order valence-corrected chi connectivity index (χ4v) is 1.38. The van der Waals surface area contributed by atoms with E-state index in [2.05, 4.69) is 15.9 Å². The van der Waals surface area contributed by atoms with Crippen LogP contribution in [0, 0.1) is 5.82 Å². The molecule has 1 aromatic carbocycles. The van der Waals surface area contributed by atoms with Gasteiger partial charge >= 0.3 is 0 Å². The third-order valence-electron chi connectivity index (χ3n) is 1.81. The summed E-state index contributed by atoms with van der Waals surface area (Å²) in [5.74, 6) is -3.30. The van der Waals surface area contributed by atoms with Gasteiger partial charge in [0.15, 0.2) is 5.78 Å². The van der Waals surface area contributed by atoms with Gasteiger partial charge < -0.3 is 0 Å². The monoisotopic (exact) mass is 294 g/mol. The Hall–Kier alpha value is -1.17. The van der Waals surface area contributed by atoms with E-state index in [4.69, 9.17) is 0 Å². The molecule has 0 unspecified atom stereocenters. The first-order valence-corrected chi connectivity index (χ1v) is 5.00. The molecule has 0 fully saturated rings. The summed E-state index contributed by atoms with van der Waals surface area (Å²) >= 11 is 2.98. The van der Waals surface area contributed by atoms with Gasteiger partial charge in [-0.3, -0.25) is 9.59 Å². The van der Waals surface area contributed by atoms with E-state index in [9.17, 15) is 22.8 Å². The fraction of sp³-hybridized carbons (Fsp3) is 0.200. The molecule has 0 bridgehead atoms. The molecule has 1 aromatic rings. The molecule has 0 atom stereocenters. The van der Waals surface area contributed by atoms with Crippen molar-refractivity contribution in [1.82, 2.24) is 0 Å². The average molecular weight is 295 g/mol. The molecule has 0 radical (unpaired) electrons. The molecule has 0 N–H and O–H groups in total. The Morgan fingerprint density at radius 3 is 2.44 bits per heavy atom. The number of Topliss-reactive ketones (excluding diaryl/α,β-unsaturated/α-hetero) is 2. The third-order valence-corrected chi connectivity index (χ3v) is 2.30. The quantitative estimate of drug-likeness (QED) is 0.632. The van der Waals surface area contributed by atoms with E-state index in [1.807, 2.05) is 0 Å². The van der Waals surface area contributed by atoms with Crippen molar-refractivity contribution >= 4 is 27.5 Å². The zero-order valence-corrected chi connectivity index (χ0v) is 9.43. The first-order valence-electron chi connectivity index (χ1n) is 4.21. The van der Waals surface area contributed by atoms with Gasteiger partial charge in [0.05, 0.1) is 12.0 Å². The Balaban J connectivity index is 2.85. The van der Waals surface area contributed by atoms with Crippen LogP contribution in [0.1, 0.15) is 16.8 Å². The lowest BCUT2D eigenvalue weighted by molar-refractivity contribution is -0.128. The van der Waals surface area contributed by atoms with Gasteiger partial charge in [-0.2, -0.15) is 0 Å².